The van der Waals surface area contributed by atoms with Gasteiger partial charge in [0.25, 0.3) is 0 Å². The molecule has 0 radical (unpaired) electrons. The maximum absolute atomic E-state index is 11.3. The van der Waals surface area contributed by atoms with Gasteiger partial charge in [-0.1, -0.05) is 29.8 Å². The number of benzene rings is 2. The molecule has 0 atom stereocenters. The molecule has 0 saturated carbocycles. The van der Waals surface area contributed by atoms with Crippen molar-refractivity contribution in [2.75, 3.05) is 11.1 Å². The molecule has 0 aliphatic carbocycles. The average Bonchev–Trinajstić information content (AvgIpc) is 2.34. The van der Waals surface area contributed by atoms with E-state index in [2.05, 4.69) is 5.32 Å². The molecule has 0 fully saturated rings. The Morgan fingerprint density at radius 1 is 1.22 bits per heavy atom. The Bertz CT molecular complexity index is 576. The first-order valence-corrected chi connectivity index (χ1v) is 5.88. The van der Waals surface area contributed by atoms with Crippen LogP contribution >= 0.6 is 11.6 Å². The topological polar surface area (TPSA) is 55.1 Å². The standard InChI is InChI=1S/C14H13ClN2O/c1-9(18)10-4-2-5-11(8-10)17-14-12(15)6-3-7-13(14)16/h2-8,17H,16H2,1H3. The molecule has 0 saturated heterocycles. The predicted molar refractivity (Wildman–Crippen MR) is 75.6 cm³/mol. The first kappa shape index (κ1) is 12.5. The fourth-order valence-electron chi connectivity index (χ4n) is 1.63. The number of rotatable bonds is 3. The highest BCUT2D eigenvalue weighted by Gasteiger charge is 2.06. The summed E-state index contributed by atoms with van der Waals surface area (Å²) in [5, 5.41) is 3.67. The van der Waals surface area contributed by atoms with Gasteiger partial charge in [-0.15, -0.1) is 0 Å². The second-order valence-corrected chi connectivity index (χ2v) is 4.37. The lowest BCUT2D eigenvalue weighted by Crippen LogP contribution is -1.98. The second kappa shape index (κ2) is 5.10. The quantitative estimate of drug-likeness (QED) is 0.651. The maximum Gasteiger partial charge on any atom is 0.159 e. The van der Waals surface area contributed by atoms with Gasteiger partial charge in [-0.3, -0.25) is 4.79 Å². The number of ketones is 1. The molecular weight excluding hydrogens is 248 g/mol. The van der Waals surface area contributed by atoms with Crippen LogP contribution in [0.1, 0.15) is 17.3 Å². The highest BCUT2D eigenvalue weighted by molar-refractivity contribution is 6.34. The van der Waals surface area contributed by atoms with Crippen LogP contribution in [0.15, 0.2) is 42.5 Å². The first-order valence-electron chi connectivity index (χ1n) is 5.50. The number of carbonyl (C=O) groups excluding carboxylic acids is 1. The van der Waals surface area contributed by atoms with Gasteiger partial charge in [0.05, 0.1) is 16.4 Å². The van der Waals surface area contributed by atoms with Crippen molar-refractivity contribution in [2.45, 2.75) is 6.92 Å². The van der Waals surface area contributed by atoms with Gasteiger partial charge in [-0.05, 0) is 31.2 Å². The Morgan fingerprint density at radius 3 is 2.61 bits per heavy atom. The summed E-state index contributed by atoms with van der Waals surface area (Å²) in [6.45, 7) is 1.53. The van der Waals surface area contributed by atoms with Crippen molar-refractivity contribution in [1.29, 1.82) is 0 Å². The maximum atomic E-state index is 11.3. The van der Waals surface area contributed by atoms with Crippen LogP contribution in [0.25, 0.3) is 0 Å². The lowest BCUT2D eigenvalue weighted by atomic mass is 10.1. The van der Waals surface area contributed by atoms with Crippen LogP contribution in [0, 0.1) is 0 Å². The van der Waals surface area contributed by atoms with Gasteiger partial charge < -0.3 is 11.1 Å². The number of anilines is 3. The highest BCUT2D eigenvalue weighted by atomic mass is 35.5. The van der Waals surface area contributed by atoms with Crippen molar-refractivity contribution in [3.63, 3.8) is 0 Å². The molecule has 3 nitrogen and oxygen atoms in total. The molecule has 3 N–H and O–H groups in total. The van der Waals surface area contributed by atoms with E-state index >= 15 is 0 Å². The molecule has 18 heavy (non-hydrogen) atoms. The number of nitrogens with one attached hydrogen (secondary N) is 1. The monoisotopic (exact) mass is 260 g/mol. The number of Topliss-reactive ketones (excluding diaryl/α,β-unsaturated/α-hetero) is 1. The summed E-state index contributed by atoms with van der Waals surface area (Å²) in [6.07, 6.45) is 0. The van der Waals surface area contributed by atoms with Gasteiger partial charge in [0.15, 0.2) is 5.78 Å². The van der Waals surface area contributed by atoms with Gasteiger partial charge in [0, 0.05) is 11.3 Å². The molecule has 0 unspecified atom stereocenters. The van der Waals surface area contributed by atoms with E-state index in [0.717, 1.165) is 5.69 Å². The third kappa shape index (κ3) is 2.63. The van der Waals surface area contributed by atoms with Crippen molar-refractivity contribution in [2.24, 2.45) is 0 Å². The third-order valence-electron chi connectivity index (χ3n) is 2.58. The number of nitrogens with two attached hydrogens (primary N) is 1. The van der Waals surface area contributed by atoms with Crippen LogP contribution in [0.5, 0.6) is 0 Å². The zero-order valence-corrected chi connectivity index (χ0v) is 10.7. The van der Waals surface area contributed by atoms with Crippen LogP contribution in [-0.4, -0.2) is 5.78 Å². The molecule has 92 valence electrons. The van der Waals surface area contributed by atoms with E-state index in [1.165, 1.54) is 6.92 Å². The normalized spacial score (nSPS) is 10.1. The van der Waals surface area contributed by atoms with Crippen molar-refractivity contribution < 1.29 is 4.79 Å². The van der Waals surface area contributed by atoms with Crippen molar-refractivity contribution in [3.8, 4) is 0 Å². The van der Waals surface area contributed by atoms with Gasteiger partial charge in [-0.25, -0.2) is 0 Å². The molecule has 2 rings (SSSR count). The number of carbonyl (C=O) groups is 1. The lowest BCUT2D eigenvalue weighted by molar-refractivity contribution is 0.101. The van der Waals surface area contributed by atoms with Crippen molar-refractivity contribution >= 4 is 34.4 Å². The molecule has 0 bridgehead atoms. The molecule has 0 amide bonds. The summed E-state index contributed by atoms with van der Waals surface area (Å²) in [6, 6.07) is 12.5. The summed E-state index contributed by atoms with van der Waals surface area (Å²) in [5.41, 5.74) is 8.50. The van der Waals surface area contributed by atoms with Gasteiger partial charge in [0.1, 0.15) is 0 Å². The van der Waals surface area contributed by atoms with E-state index in [9.17, 15) is 4.79 Å². The van der Waals surface area contributed by atoms with Crippen LogP contribution in [0.2, 0.25) is 5.02 Å². The third-order valence-corrected chi connectivity index (χ3v) is 2.90. The van der Waals surface area contributed by atoms with Crippen LogP contribution in [0.3, 0.4) is 0 Å². The number of para-hydroxylation sites is 1. The van der Waals surface area contributed by atoms with E-state index in [-0.39, 0.29) is 5.78 Å². The predicted octanol–water partition coefficient (Wildman–Crippen LogP) is 3.87. The highest BCUT2D eigenvalue weighted by Crippen LogP contribution is 2.31. The fourth-order valence-corrected chi connectivity index (χ4v) is 1.86. The zero-order chi connectivity index (χ0) is 13.1. The number of nitrogen functional groups attached to an aromatic ring is 1. The smallest absolute Gasteiger partial charge is 0.159 e. The Balaban J connectivity index is 2.34. The summed E-state index contributed by atoms with van der Waals surface area (Å²) >= 11 is 6.07. The van der Waals surface area contributed by atoms with Crippen LogP contribution < -0.4 is 11.1 Å². The molecule has 0 aliphatic rings. The van der Waals surface area contributed by atoms with Gasteiger partial charge >= 0.3 is 0 Å². The minimum absolute atomic E-state index is 0.0192. The summed E-state index contributed by atoms with van der Waals surface area (Å²) in [7, 11) is 0. The number of halogens is 1. The summed E-state index contributed by atoms with van der Waals surface area (Å²) in [5.74, 6) is 0.0192. The molecular formula is C14H13ClN2O. The minimum atomic E-state index is 0.0192. The Hall–Kier alpha value is -2.00. The minimum Gasteiger partial charge on any atom is -0.397 e. The molecule has 0 aliphatic heterocycles. The summed E-state index contributed by atoms with van der Waals surface area (Å²) in [4.78, 5) is 11.3. The first-order chi connectivity index (χ1) is 8.58. The van der Waals surface area contributed by atoms with Gasteiger partial charge in [0.2, 0.25) is 0 Å². The van der Waals surface area contributed by atoms with Crippen LogP contribution in [0.4, 0.5) is 17.1 Å². The zero-order valence-electron chi connectivity index (χ0n) is 9.91. The second-order valence-electron chi connectivity index (χ2n) is 3.97. The Kier molecular flexibility index (Phi) is 3.53. The van der Waals surface area contributed by atoms with E-state index in [4.69, 9.17) is 17.3 Å². The van der Waals surface area contributed by atoms with Crippen molar-refractivity contribution in [3.05, 3.63) is 53.1 Å². The average molecular weight is 261 g/mol. The Labute approximate surface area is 111 Å². The largest absolute Gasteiger partial charge is 0.397 e. The SMILES string of the molecule is CC(=O)c1cccc(Nc2c(N)cccc2Cl)c1. The molecule has 2 aromatic carbocycles. The number of hydrogen-bond acceptors (Lipinski definition) is 3. The number of hydrogen-bond donors (Lipinski definition) is 2. The van der Waals surface area contributed by atoms with Crippen LogP contribution in [-0.2, 0) is 0 Å². The molecule has 0 spiro atoms. The molecule has 2 aromatic rings. The van der Waals surface area contributed by atoms with E-state index in [0.29, 0.717) is 22.0 Å². The Morgan fingerprint density at radius 2 is 1.94 bits per heavy atom. The summed E-state index contributed by atoms with van der Waals surface area (Å²) < 4.78 is 0. The molecule has 0 heterocycles. The molecule has 0 aromatic heterocycles. The fraction of sp³-hybridized carbons (Fsp3) is 0.0714. The van der Waals surface area contributed by atoms with Gasteiger partial charge in [-0.2, -0.15) is 0 Å². The molecule has 4 heteroatoms. The van der Waals surface area contributed by atoms with E-state index < -0.39 is 0 Å². The lowest BCUT2D eigenvalue weighted by Gasteiger charge is -2.11. The van der Waals surface area contributed by atoms with Crippen molar-refractivity contribution in [1.82, 2.24) is 0 Å². The van der Waals surface area contributed by atoms with E-state index in [1.54, 1.807) is 30.3 Å². The van der Waals surface area contributed by atoms with E-state index in [1.807, 2.05) is 12.1 Å².